The molecule has 0 aliphatic heterocycles. The van der Waals surface area contributed by atoms with Crippen molar-refractivity contribution in [1.29, 1.82) is 0 Å². The molecular formula is C24H25Cl3N6O8S. The summed E-state index contributed by atoms with van der Waals surface area (Å²) in [6, 6.07) is 9.88. The van der Waals surface area contributed by atoms with Gasteiger partial charge in [0.15, 0.2) is 0 Å². The van der Waals surface area contributed by atoms with Crippen LogP contribution in [0.5, 0.6) is 5.88 Å². The zero-order chi connectivity index (χ0) is 31.4. The number of rotatable bonds is 8. The van der Waals surface area contributed by atoms with E-state index in [0.717, 1.165) is 5.06 Å². The van der Waals surface area contributed by atoms with E-state index in [1.54, 1.807) is 29.8 Å². The van der Waals surface area contributed by atoms with Gasteiger partial charge in [-0.2, -0.15) is 4.98 Å². The van der Waals surface area contributed by atoms with E-state index in [-0.39, 0.29) is 29.2 Å². The van der Waals surface area contributed by atoms with Crippen molar-refractivity contribution in [1.82, 2.24) is 19.8 Å². The molecule has 0 atom stereocenters. The zero-order valence-electron chi connectivity index (χ0n) is 22.5. The molecule has 42 heavy (non-hydrogen) atoms. The van der Waals surface area contributed by atoms with E-state index in [4.69, 9.17) is 49.1 Å². The molecule has 3 N–H and O–H groups in total. The Labute approximate surface area is 256 Å². The highest BCUT2D eigenvalue weighted by atomic mass is 35.5. The van der Waals surface area contributed by atoms with Crippen molar-refractivity contribution in [2.45, 2.75) is 11.8 Å². The van der Waals surface area contributed by atoms with Crippen molar-refractivity contribution < 1.29 is 37.1 Å². The van der Waals surface area contributed by atoms with Crippen molar-refractivity contribution in [3.63, 3.8) is 0 Å². The molecule has 0 saturated carbocycles. The van der Waals surface area contributed by atoms with E-state index in [9.17, 15) is 22.8 Å². The summed E-state index contributed by atoms with van der Waals surface area (Å²) in [5.74, 6) is -1.03. The van der Waals surface area contributed by atoms with Gasteiger partial charge >= 0.3 is 18.0 Å². The third-order valence-electron chi connectivity index (χ3n) is 4.74. The Morgan fingerprint density at radius 3 is 2.26 bits per heavy atom. The van der Waals surface area contributed by atoms with Crippen molar-refractivity contribution in [2.75, 3.05) is 38.5 Å². The molecule has 4 amide bonds. The van der Waals surface area contributed by atoms with Crippen LogP contribution >= 0.6 is 34.8 Å². The number of methoxy groups -OCH3 is 1. The number of aromatic nitrogens is 2. The van der Waals surface area contributed by atoms with Gasteiger partial charge in [-0.25, -0.2) is 37.6 Å². The first-order valence-corrected chi connectivity index (χ1v) is 14.1. The molecular weight excluding hydrogens is 639 g/mol. The van der Waals surface area contributed by atoms with Gasteiger partial charge in [-0.15, -0.1) is 0 Å². The maximum atomic E-state index is 12.5. The molecule has 0 spiro atoms. The average molecular weight is 664 g/mol. The third kappa shape index (κ3) is 10.2. The normalized spacial score (nSPS) is 10.5. The van der Waals surface area contributed by atoms with Gasteiger partial charge in [-0.05, 0) is 37.3 Å². The van der Waals surface area contributed by atoms with Gasteiger partial charge in [0.05, 0.1) is 36.4 Å². The monoisotopic (exact) mass is 662 g/mol. The first-order valence-electron chi connectivity index (χ1n) is 11.5. The topological polar surface area (TPSA) is 178 Å². The molecule has 18 heteroatoms. The van der Waals surface area contributed by atoms with Crippen molar-refractivity contribution in [2.24, 2.45) is 0 Å². The third-order valence-corrected chi connectivity index (χ3v) is 7.06. The molecule has 0 aliphatic carbocycles. The summed E-state index contributed by atoms with van der Waals surface area (Å²) in [6.07, 6.45) is 0. The van der Waals surface area contributed by atoms with Crippen molar-refractivity contribution in [3.05, 3.63) is 69.3 Å². The predicted molar refractivity (Wildman–Crippen MR) is 156 cm³/mol. The molecule has 0 unspecified atom stereocenters. The number of urea groups is 2. The molecule has 0 bridgehead atoms. The Bertz CT molecular complexity index is 1540. The van der Waals surface area contributed by atoms with Crippen LogP contribution in [-0.4, -0.2) is 69.4 Å². The highest BCUT2D eigenvalue weighted by Crippen LogP contribution is 2.25. The number of nitrogens with one attached hydrogen (secondary N) is 3. The van der Waals surface area contributed by atoms with Crippen molar-refractivity contribution in [3.8, 4) is 5.88 Å². The van der Waals surface area contributed by atoms with Crippen molar-refractivity contribution >= 4 is 74.5 Å². The van der Waals surface area contributed by atoms with Gasteiger partial charge < -0.3 is 14.8 Å². The summed E-state index contributed by atoms with van der Waals surface area (Å²) >= 11 is 17.3. The lowest BCUT2D eigenvalue weighted by atomic mass is 10.2. The van der Waals surface area contributed by atoms with Gasteiger partial charge in [0.25, 0.3) is 10.0 Å². The summed E-state index contributed by atoms with van der Waals surface area (Å²) in [6.45, 7) is 1.65. The van der Waals surface area contributed by atoms with Crippen LogP contribution in [0.15, 0.2) is 53.4 Å². The van der Waals surface area contributed by atoms with Crippen LogP contribution in [0, 0.1) is 0 Å². The number of anilines is 2. The SMILES string of the molecule is CCOC(=O)c1ccccc1S(=O)(=O)NC(=O)Nc1nc(Cl)cc(OC)n1.CON(C)C(=O)Nc1ccc(Cl)c(Cl)c1. The minimum Gasteiger partial charge on any atom is -0.481 e. The molecule has 3 rings (SSSR count). The second kappa shape index (κ2) is 15.9. The zero-order valence-corrected chi connectivity index (χ0v) is 25.6. The van der Waals surface area contributed by atoms with Crippen LogP contribution in [0.1, 0.15) is 17.3 Å². The van der Waals surface area contributed by atoms with E-state index in [2.05, 4.69) is 20.6 Å². The molecule has 1 heterocycles. The summed E-state index contributed by atoms with van der Waals surface area (Å²) < 4.78 is 36.4. The van der Waals surface area contributed by atoms with Crippen LogP contribution in [0.25, 0.3) is 0 Å². The fraction of sp³-hybridized carbons (Fsp3) is 0.208. The highest BCUT2D eigenvalue weighted by Gasteiger charge is 2.25. The Morgan fingerprint density at radius 1 is 0.952 bits per heavy atom. The number of benzene rings is 2. The Hall–Kier alpha value is -3.89. The quantitative estimate of drug-likeness (QED) is 0.172. The first kappa shape index (κ1) is 34.3. The predicted octanol–water partition coefficient (Wildman–Crippen LogP) is 4.84. The molecule has 226 valence electrons. The van der Waals surface area contributed by atoms with E-state index >= 15 is 0 Å². The summed E-state index contributed by atoms with van der Waals surface area (Å²) in [5, 5.41) is 6.57. The minimum absolute atomic E-state index is 0.0207. The van der Waals surface area contributed by atoms with E-state index in [1.807, 2.05) is 0 Å². The molecule has 2 aromatic carbocycles. The first-order chi connectivity index (χ1) is 19.8. The lowest BCUT2D eigenvalue weighted by molar-refractivity contribution is -0.0598. The van der Waals surface area contributed by atoms with Crippen LogP contribution in [-0.2, 0) is 19.6 Å². The maximum absolute atomic E-state index is 12.5. The molecule has 1 aromatic heterocycles. The Kier molecular flexibility index (Phi) is 13.0. The van der Waals surface area contributed by atoms with Gasteiger partial charge in [0.1, 0.15) is 10.0 Å². The van der Waals surface area contributed by atoms with E-state index < -0.39 is 33.0 Å². The Balaban J connectivity index is 0.000000347. The van der Waals surface area contributed by atoms with Crippen LogP contribution in [0.2, 0.25) is 15.2 Å². The number of carbonyl (C=O) groups is 3. The minimum atomic E-state index is -4.38. The number of carbonyl (C=O) groups excluding carboxylic acids is 3. The molecule has 3 aromatic rings. The van der Waals surface area contributed by atoms with E-state index in [0.29, 0.717) is 15.7 Å². The number of amides is 4. The number of hydrogen-bond acceptors (Lipinski definition) is 10. The lowest BCUT2D eigenvalue weighted by Crippen LogP contribution is -2.35. The number of ether oxygens (including phenoxy) is 2. The number of nitrogens with zero attached hydrogens (tertiary/aromatic N) is 3. The molecule has 0 fully saturated rings. The second-order valence-electron chi connectivity index (χ2n) is 7.57. The highest BCUT2D eigenvalue weighted by molar-refractivity contribution is 7.90. The summed E-state index contributed by atoms with van der Waals surface area (Å²) in [7, 11) is -0.159. The second-order valence-corrected chi connectivity index (χ2v) is 10.4. The number of hydroxylamine groups is 2. The van der Waals surface area contributed by atoms with Gasteiger partial charge in [0.2, 0.25) is 11.8 Å². The lowest BCUT2D eigenvalue weighted by Gasteiger charge is -2.14. The van der Waals surface area contributed by atoms with E-state index in [1.165, 1.54) is 51.6 Å². The number of hydrogen-bond donors (Lipinski definition) is 3. The summed E-state index contributed by atoms with van der Waals surface area (Å²) in [5.41, 5.74) is 0.346. The fourth-order valence-corrected chi connectivity index (χ4v) is 4.37. The molecule has 0 saturated heterocycles. The molecule has 14 nitrogen and oxygen atoms in total. The number of sulfonamides is 1. The van der Waals surface area contributed by atoms with Crippen LogP contribution in [0.3, 0.4) is 0 Å². The smallest absolute Gasteiger partial charge is 0.345 e. The standard InChI is InChI=1S/C15H15ClN4O6S.C9H10Cl2N2O2/c1-3-26-13(21)9-6-4-5-7-10(9)27(23,24)20-15(22)19-14-17-11(16)8-12(18-14)25-2;1-13(15-2)9(14)12-6-3-4-7(10)8(11)5-6/h4-8H,3H2,1-2H3,(H2,17,18,19,20,22);3-5H,1-2H3,(H,12,14). The summed E-state index contributed by atoms with van der Waals surface area (Å²) in [4.78, 5) is 47.1. The van der Waals surface area contributed by atoms with Gasteiger partial charge in [-0.3, -0.25) is 10.2 Å². The Morgan fingerprint density at radius 2 is 1.64 bits per heavy atom. The van der Waals surface area contributed by atoms with Gasteiger partial charge in [-0.1, -0.05) is 46.9 Å². The largest absolute Gasteiger partial charge is 0.481 e. The average Bonchev–Trinajstić information content (AvgIpc) is 2.94. The fourth-order valence-electron chi connectivity index (χ4n) is 2.80. The maximum Gasteiger partial charge on any atom is 0.345 e. The van der Waals surface area contributed by atoms with Gasteiger partial charge in [0, 0.05) is 18.8 Å². The molecule has 0 radical (unpaired) electrons. The van der Waals surface area contributed by atoms with Crippen LogP contribution in [0.4, 0.5) is 21.2 Å². The molecule has 0 aliphatic rings. The van der Waals surface area contributed by atoms with Crippen LogP contribution < -0.4 is 20.1 Å². The number of halogens is 3. The number of esters is 1.